The lowest BCUT2D eigenvalue weighted by Crippen LogP contribution is -2.14. The van der Waals surface area contributed by atoms with Gasteiger partial charge in [0.05, 0.1) is 10.7 Å². The summed E-state index contributed by atoms with van der Waals surface area (Å²) in [6.45, 7) is 0. The highest BCUT2D eigenvalue weighted by Gasteiger charge is 2.11. The average molecular weight is 270 g/mol. The van der Waals surface area contributed by atoms with Gasteiger partial charge in [0, 0.05) is 12.4 Å². The fraction of sp³-hybridized carbons (Fsp3) is 0.0909. The van der Waals surface area contributed by atoms with Gasteiger partial charge in [0.25, 0.3) is 0 Å². The molecule has 0 radical (unpaired) electrons. The highest BCUT2D eigenvalue weighted by Crippen LogP contribution is 2.27. The highest BCUT2D eigenvalue weighted by atomic mass is 35.5. The molecule has 17 heavy (non-hydrogen) atoms. The van der Waals surface area contributed by atoms with E-state index in [-0.39, 0.29) is 11.8 Å². The summed E-state index contributed by atoms with van der Waals surface area (Å²) < 4.78 is 1.59. The number of hydrogen-bond donors (Lipinski definition) is 1. The van der Waals surface area contributed by atoms with Gasteiger partial charge in [-0.1, -0.05) is 17.7 Å². The van der Waals surface area contributed by atoms with Crippen LogP contribution in [0.15, 0.2) is 36.7 Å². The molecule has 1 heterocycles. The molecule has 0 saturated carbocycles. The summed E-state index contributed by atoms with van der Waals surface area (Å²) in [5.41, 5.74) is 1.20. The molecule has 2 aromatic rings. The number of amides is 1. The van der Waals surface area contributed by atoms with Crippen LogP contribution in [0.2, 0.25) is 5.02 Å². The second kappa shape index (κ2) is 5.21. The molecular weight excluding hydrogens is 261 g/mol. The minimum absolute atomic E-state index is 0.106. The van der Waals surface area contributed by atoms with Crippen LogP contribution < -0.4 is 5.32 Å². The van der Waals surface area contributed by atoms with Crippen molar-refractivity contribution in [3.8, 4) is 5.69 Å². The number of nitrogens with zero attached hydrogens (tertiary/aromatic N) is 2. The van der Waals surface area contributed by atoms with Crippen LogP contribution in [0.1, 0.15) is 0 Å². The summed E-state index contributed by atoms with van der Waals surface area (Å²) in [5, 5.41) is 7.26. The first-order chi connectivity index (χ1) is 8.22. The normalized spacial score (nSPS) is 10.2. The molecule has 1 aromatic carbocycles. The molecule has 6 heteroatoms. The molecule has 0 unspecified atom stereocenters. The maximum absolute atomic E-state index is 11.3. The molecular formula is C11H9Cl2N3O. The van der Waals surface area contributed by atoms with Gasteiger partial charge in [-0.2, -0.15) is 5.10 Å². The van der Waals surface area contributed by atoms with Crippen LogP contribution in [0.4, 0.5) is 5.69 Å². The van der Waals surface area contributed by atoms with Gasteiger partial charge in [0.15, 0.2) is 0 Å². The molecule has 1 N–H and O–H groups in total. The Kier molecular flexibility index (Phi) is 3.66. The molecule has 0 atom stereocenters. The van der Waals surface area contributed by atoms with Gasteiger partial charge in [0.1, 0.15) is 11.6 Å². The number of aromatic nitrogens is 2. The van der Waals surface area contributed by atoms with E-state index >= 15 is 0 Å². The topological polar surface area (TPSA) is 46.9 Å². The summed E-state index contributed by atoms with van der Waals surface area (Å²) in [6.07, 6.45) is 3.38. The third kappa shape index (κ3) is 2.60. The SMILES string of the molecule is O=C(CCl)Nc1cccc(Cl)c1-n1cccn1. The number of halogens is 2. The quantitative estimate of drug-likeness (QED) is 0.871. The lowest BCUT2D eigenvalue weighted by atomic mass is 10.2. The summed E-state index contributed by atoms with van der Waals surface area (Å²) in [5.74, 6) is -0.396. The Morgan fingerprint density at radius 3 is 2.88 bits per heavy atom. The molecule has 1 amide bonds. The second-order valence-electron chi connectivity index (χ2n) is 3.27. The maximum atomic E-state index is 11.3. The smallest absolute Gasteiger partial charge is 0.239 e. The van der Waals surface area contributed by atoms with E-state index in [1.807, 2.05) is 0 Å². The molecule has 0 fully saturated rings. The Morgan fingerprint density at radius 1 is 1.41 bits per heavy atom. The Bertz CT molecular complexity index is 526. The largest absolute Gasteiger partial charge is 0.323 e. The van der Waals surface area contributed by atoms with Crippen LogP contribution in [-0.4, -0.2) is 21.6 Å². The third-order valence-electron chi connectivity index (χ3n) is 2.12. The first kappa shape index (κ1) is 12.0. The molecule has 0 bridgehead atoms. The average Bonchev–Trinajstić information content (AvgIpc) is 2.82. The van der Waals surface area contributed by atoms with Crippen molar-refractivity contribution in [2.75, 3.05) is 11.2 Å². The number of rotatable bonds is 3. The van der Waals surface area contributed by atoms with Crippen LogP contribution in [-0.2, 0) is 4.79 Å². The predicted molar refractivity (Wildman–Crippen MR) is 67.9 cm³/mol. The number of alkyl halides is 1. The number of para-hydroxylation sites is 1. The van der Waals surface area contributed by atoms with Crippen molar-refractivity contribution in [2.45, 2.75) is 0 Å². The number of benzene rings is 1. The standard InChI is InChI=1S/C11H9Cl2N3O/c12-7-10(17)15-9-4-1-3-8(13)11(9)16-6-2-5-14-16/h1-6H,7H2,(H,15,17). The Balaban J connectivity index is 2.45. The minimum Gasteiger partial charge on any atom is -0.323 e. The van der Waals surface area contributed by atoms with Crippen molar-refractivity contribution < 1.29 is 4.79 Å². The fourth-order valence-corrected chi connectivity index (χ4v) is 1.76. The van der Waals surface area contributed by atoms with E-state index < -0.39 is 0 Å². The van der Waals surface area contributed by atoms with E-state index in [1.165, 1.54) is 0 Å². The van der Waals surface area contributed by atoms with E-state index in [4.69, 9.17) is 23.2 Å². The van der Waals surface area contributed by atoms with Crippen molar-refractivity contribution in [2.24, 2.45) is 0 Å². The Labute approximate surface area is 108 Å². The fourth-order valence-electron chi connectivity index (χ4n) is 1.43. The molecule has 2 rings (SSSR count). The van der Waals surface area contributed by atoms with E-state index in [0.29, 0.717) is 16.4 Å². The number of nitrogens with one attached hydrogen (secondary N) is 1. The van der Waals surface area contributed by atoms with Crippen LogP contribution in [0.3, 0.4) is 0 Å². The van der Waals surface area contributed by atoms with E-state index in [0.717, 1.165) is 0 Å². The van der Waals surface area contributed by atoms with Crippen molar-refractivity contribution >= 4 is 34.8 Å². The summed E-state index contributed by atoms with van der Waals surface area (Å²) in [7, 11) is 0. The summed E-state index contributed by atoms with van der Waals surface area (Å²) in [6, 6.07) is 7.00. The zero-order valence-corrected chi connectivity index (χ0v) is 10.2. The Morgan fingerprint density at radius 2 is 2.24 bits per heavy atom. The zero-order valence-electron chi connectivity index (χ0n) is 8.73. The van der Waals surface area contributed by atoms with Gasteiger partial charge < -0.3 is 5.32 Å². The molecule has 0 spiro atoms. The zero-order chi connectivity index (χ0) is 12.3. The summed E-state index contributed by atoms with van der Waals surface area (Å²) in [4.78, 5) is 11.3. The van der Waals surface area contributed by atoms with Gasteiger partial charge in [0.2, 0.25) is 5.91 Å². The lowest BCUT2D eigenvalue weighted by molar-refractivity contribution is -0.113. The van der Waals surface area contributed by atoms with Crippen LogP contribution in [0, 0.1) is 0 Å². The number of anilines is 1. The molecule has 0 aliphatic carbocycles. The predicted octanol–water partition coefficient (Wildman–Crippen LogP) is 2.70. The molecule has 1 aromatic heterocycles. The highest BCUT2D eigenvalue weighted by molar-refractivity contribution is 6.33. The number of hydrogen-bond acceptors (Lipinski definition) is 2. The van der Waals surface area contributed by atoms with Gasteiger partial charge in [-0.25, -0.2) is 4.68 Å². The van der Waals surface area contributed by atoms with Gasteiger partial charge in [-0.15, -0.1) is 11.6 Å². The van der Waals surface area contributed by atoms with E-state index in [2.05, 4.69) is 10.4 Å². The van der Waals surface area contributed by atoms with Crippen molar-refractivity contribution in [1.29, 1.82) is 0 Å². The second-order valence-corrected chi connectivity index (χ2v) is 3.94. The molecule has 4 nitrogen and oxygen atoms in total. The van der Waals surface area contributed by atoms with Gasteiger partial charge in [-0.3, -0.25) is 4.79 Å². The van der Waals surface area contributed by atoms with Crippen LogP contribution >= 0.6 is 23.2 Å². The van der Waals surface area contributed by atoms with Crippen molar-refractivity contribution in [3.05, 3.63) is 41.7 Å². The monoisotopic (exact) mass is 269 g/mol. The first-order valence-electron chi connectivity index (χ1n) is 4.86. The maximum Gasteiger partial charge on any atom is 0.239 e. The van der Waals surface area contributed by atoms with E-state index in [9.17, 15) is 4.79 Å². The molecule has 0 saturated heterocycles. The van der Waals surface area contributed by atoms with Gasteiger partial charge in [-0.05, 0) is 18.2 Å². The third-order valence-corrected chi connectivity index (χ3v) is 2.66. The Hall–Kier alpha value is -1.52. The van der Waals surface area contributed by atoms with Crippen molar-refractivity contribution in [1.82, 2.24) is 9.78 Å². The minimum atomic E-state index is -0.290. The van der Waals surface area contributed by atoms with Gasteiger partial charge >= 0.3 is 0 Å². The van der Waals surface area contributed by atoms with E-state index in [1.54, 1.807) is 41.3 Å². The number of carbonyl (C=O) groups is 1. The van der Waals surface area contributed by atoms with Crippen molar-refractivity contribution in [3.63, 3.8) is 0 Å². The molecule has 0 aliphatic heterocycles. The molecule has 0 aliphatic rings. The molecule has 88 valence electrons. The first-order valence-corrected chi connectivity index (χ1v) is 5.78. The number of carbonyl (C=O) groups excluding carboxylic acids is 1. The summed E-state index contributed by atoms with van der Waals surface area (Å²) >= 11 is 11.6. The van der Waals surface area contributed by atoms with Crippen LogP contribution in [0.5, 0.6) is 0 Å². The van der Waals surface area contributed by atoms with Crippen LogP contribution in [0.25, 0.3) is 5.69 Å². The lowest BCUT2D eigenvalue weighted by Gasteiger charge is -2.11.